The van der Waals surface area contributed by atoms with Gasteiger partial charge in [0, 0.05) is 25.2 Å². The summed E-state index contributed by atoms with van der Waals surface area (Å²) in [5.74, 6) is 1.26. The highest BCUT2D eigenvalue weighted by molar-refractivity contribution is 5.97. The van der Waals surface area contributed by atoms with Crippen molar-refractivity contribution in [2.45, 2.75) is 13.5 Å². The van der Waals surface area contributed by atoms with E-state index in [1.807, 2.05) is 19.1 Å². The Morgan fingerprint density at radius 2 is 2.00 bits per heavy atom. The maximum atomic E-state index is 12.9. The molecule has 2 aromatic rings. The second kappa shape index (κ2) is 7.30. The molecule has 0 atom stereocenters. The van der Waals surface area contributed by atoms with Gasteiger partial charge in [-0.1, -0.05) is 6.07 Å². The van der Waals surface area contributed by atoms with Crippen LogP contribution in [0.1, 0.15) is 22.8 Å². The number of amides is 1. The van der Waals surface area contributed by atoms with Crippen LogP contribution in [0.15, 0.2) is 36.4 Å². The number of hydrogen-bond donors (Lipinski definition) is 0. The minimum absolute atomic E-state index is 0.157. The Hall–Kier alpha value is -3.29. The molecule has 0 N–H and O–H groups in total. The van der Waals surface area contributed by atoms with Crippen LogP contribution in [0.2, 0.25) is 0 Å². The second-order valence-corrected chi connectivity index (χ2v) is 5.65. The summed E-state index contributed by atoms with van der Waals surface area (Å²) in [5, 5.41) is 11.0. The molecule has 1 amide bonds. The summed E-state index contributed by atoms with van der Waals surface area (Å²) in [7, 11) is 1.42. The summed E-state index contributed by atoms with van der Waals surface area (Å²) in [6.45, 7) is 2.78. The summed E-state index contributed by atoms with van der Waals surface area (Å²) < 4.78 is 15.8. The quantitative estimate of drug-likeness (QED) is 0.582. The first-order chi connectivity index (χ1) is 12.5. The number of non-ortho nitro benzene ring substituents is 1. The van der Waals surface area contributed by atoms with E-state index in [0.29, 0.717) is 30.3 Å². The Bertz CT molecular complexity index is 852. The third kappa shape index (κ3) is 3.39. The van der Waals surface area contributed by atoms with E-state index in [-0.39, 0.29) is 24.0 Å². The molecule has 0 radical (unpaired) electrons. The molecule has 0 spiro atoms. The van der Waals surface area contributed by atoms with Gasteiger partial charge in [-0.05, 0) is 30.7 Å². The number of ether oxygens (including phenoxy) is 3. The number of nitro benzene ring substituents is 1. The molecular weight excluding hydrogens is 340 g/mol. The number of nitrogens with zero attached hydrogens (tertiary/aromatic N) is 2. The first kappa shape index (κ1) is 17.5. The standard InChI is InChI=1S/C18H18N2O6/c1-3-19(10-12-4-6-16-17(8-12)26-11-25-16)18(21)14-9-13(20(22)23)5-7-15(14)24-2/h4-9H,3,10-11H2,1-2H3. The van der Waals surface area contributed by atoms with Crippen molar-refractivity contribution in [3.05, 3.63) is 57.6 Å². The van der Waals surface area contributed by atoms with Crippen molar-refractivity contribution in [2.75, 3.05) is 20.4 Å². The number of carbonyl (C=O) groups is 1. The lowest BCUT2D eigenvalue weighted by atomic mass is 10.1. The van der Waals surface area contributed by atoms with E-state index in [9.17, 15) is 14.9 Å². The van der Waals surface area contributed by atoms with E-state index in [1.54, 1.807) is 11.0 Å². The van der Waals surface area contributed by atoms with Crippen molar-refractivity contribution >= 4 is 11.6 Å². The molecular formula is C18H18N2O6. The van der Waals surface area contributed by atoms with Crippen molar-refractivity contribution in [3.63, 3.8) is 0 Å². The van der Waals surface area contributed by atoms with E-state index >= 15 is 0 Å². The first-order valence-electron chi connectivity index (χ1n) is 8.03. The van der Waals surface area contributed by atoms with Crippen molar-refractivity contribution in [1.29, 1.82) is 0 Å². The minimum atomic E-state index is -0.537. The Morgan fingerprint density at radius 1 is 1.23 bits per heavy atom. The van der Waals surface area contributed by atoms with Crippen molar-refractivity contribution in [2.24, 2.45) is 0 Å². The van der Waals surface area contributed by atoms with E-state index in [0.717, 1.165) is 5.56 Å². The van der Waals surface area contributed by atoms with Gasteiger partial charge in [-0.25, -0.2) is 0 Å². The van der Waals surface area contributed by atoms with Gasteiger partial charge in [0.15, 0.2) is 11.5 Å². The lowest BCUT2D eigenvalue weighted by Gasteiger charge is -2.22. The van der Waals surface area contributed by atoms with Crippen LogP contribution in [0, 0.1) is 10.1 Å². The third-order valence-electron chi connectivity index (χ3n) is 4.10. The average Bonchev–Trinajstić information content (AvgIpc) is 3.12. The Kier molecular flexibility index (Phi) is 4.92. The molecule has 1 aliphatic rings. The maximum absolute atomic E-state index is 12.9. The van der Waals surface area contributed by atoms with Crippen LogP contribution < -0.4 is 14.2 Å². The number of benzene rings is 2. The Morgan fingerprint density at radius 3 is 2.69 bits per heavy atom. The first-order valence-corrected chi connectivity index (χ1v) is 8.03. The summed E-state index contributed by atoms with van der Waals surface area (Å²) >= 11 is 0. The van der Waals surface area contributed by atoms with Crippen LogP contribution in [0.5, 0.6) is 17.2 Å². The van der Waals surface area contributed by atoms with Crippen molar-refractivity contribution in [1.82, 2.24) is 4.90 Å². The smallest absolute Gasteiger partial charge is 0.270 e. The number of carbonyl (C=O) groups excluding carboxylic acids is 1. The average molecular weight is 358 g/mol. The van der Waals surface area contributed by atoms with Gasteiger partial charge in [0.05, 0.1) is 17.6 Å². The van der Waals surface area contributed by atoms with Crippen LogP contribution in [0.4, 0.5) is 5.69 Å². The fourth-order valence-electron chi connectivity index (χ4n) is 2.73. The van der Waals surface area contributed by atoms with Crippen LogP contribution in [0.3, 0.4) is 0 Å². The predicted molar refractivity (Wildman–Crippen MR) is 92.6 cm³/mol. The van der Waals surface area contributed by atoms with Crippen molar-refractivity contribution in [3.8, 4) is 17.2 Å². The molecule has 1 heterocycles. The summed E-state index contributed by atoms with van der Waals surface area (Å²) in [5.41, 5.74) is 0.867. The zero-order chi connectivity index (χ0) is 18.7. The fraction of sp³-hybridized carbons (Fsp3) is 0.278. The molecule has 0 saturated heterocycles. The highest BCUT2D eigenvalue weighted by Gasteiger charge is 2.23. The molecule has 0 aromatic heterocycles. The molecule has 3 rings (SSSR count). The van der Waals surface area contributed by atoms with E-state index in [4.69, 9.17) is 14.2 Å². The zero-order valence-corrected chi connectivity index (χ0v) is 14.4. The largest absolute Gasteiger partial charge is 0.496 e. The molecule has 0 bridgehead atoms. The topological polar surface area (TPSA) is 91.1 Å². The molecule has 8 nitrogen and oxygen atoms in total. The summed E-state index contributed by atoms with van der Waals surface area (Å²) in [4.78, 5) is 25.0. The van der Waals surface area contributed by atoms with Gasteiger partial charge in [-0.2, -0.15) is 0 Å². The van der Waals surface area contributed by atoms with Crippen LogP contribution in [-0.4, -0.2) is 36.2 Å². The van der Waals surface area contributed by atoms with Crippen molar-refractivity contribution < 1.29 is 23.9 Å². The molecule has 0 fully saturated rings. The normalized spacial score (nSPS) is 11.9. The van der Waals surface area contributed by atoms with E-state index < -0.39 is 4.92 Å². The molecule has 2 aromatic carbocycles. The molecule has 0 unspecified atom stereocenters. The monoisotopic (exact) mass is 358 g/mol. The molecule has 8 heteroatoms. The van der Waals surface area contributed by atoms with Gasteiger partial charge < -0.3 is 19.1 Å². The highest BCUT2D eigenvalue weighted by atomic mass is 16.7. The van der Waals surface area contributed by atoms with E-state index in [2.05, 4.69) is 0 Å². The number of nitro groups is 1. The van der Waals surface area contributed by atoms with Crippen LogP contribution in [0.25, 0.3) is 0 Å². The molecule has 136 valence electrons. The number of methoxy groups -OCH3 is 1. The Balaban J connectivity index is 1.87. The number of fused-ring (bicyclic) bond motifs is 1. The van der Waals surface area contributed by atoms with E-state index in [1.165, 1.54) is 25.3 Å². The van der Waals surface area contributed by atoms with Gasteiger partial charge >= 0.3 is 0 Å². The SMILES string of the molecule is CCN(Cc1ccc2c(c1)OCO2)C(=O)c1cc([N+](=O)[O-])ccc1OC. The minimum Gasteiger partial charge on any atom is -0.496 e. The molecule has 0 saturated carbocycles. The fourth-order valence-corrected chi connectivity index (χ4v) is 2.73. The zero-order valence-electron chi connectivity index (χ0n) is 14.4. The van der Waals surface area contributed by atoms with Gasteiger partial charge in [0.25, 0.3) is 11.6 Å². The van der Waals surface area contributed by atoms with Gasteiger partial charge in [0.2, 0.25) is 6.79 Å². The van der Waals surface area contributed by atoms with Crippen LogP contribution in [-0.2, 0) is 6.54 Å². The Labute approximate surface area is 150 Å². The highest BCUT2D eigenvalue weighted by Crippen LogP contribution is 2.33. The van der Waals surface area contributed by atoms with Crippen LogP contribution >= 0.6 is 0 Å². The third-order valence-corrected chi connectivity index (χ3v) is 4.10. The lowest BCUT2D eigenvalue weighted by molar-refractivity contribution is -0.384. The number of hydrogen-bond acceptors (Lipinski definition) is 6. The maximum Gasteiger partial charge on any atom is 0.270 e. The summed E-state index contributed by atoms with van der Waals surface area (Å²) in [6.07, 6.45) is 0. The molecule has 1 aliphatic heterocycles. The number of rotatable bonds is 6. The molecule has 0 aliphatic carbocycles. The summed E-state index contributed by atoms with van der Waals surface area (Å²) in [6, 6.07) is 9.45. The van der Waals surface area contributed by atoms with Gasteiger partial charge in [0.1, 0.15) is 5.75 Å². The van der Waals surface area contributed by atoms with Gasteiger partial charge in [-0.3, -0.25) is 14.9 Å². The molecule has 26 heavy (non-hydrogen) atoms. The predicted octanol–water partition coefficient (Wildman–Crippen LogP) is 2.99. The second-order valence-electron chi connectivity index (χ2n) is 5.65. The lowest BCUT2D eigenvalue weighted by Crippen LogP contribution is -2.30. The van der Waals surface area contributed by atoms with Gasteiger partial charge in [-0.15, -0.1) is 0 Å².